The monoisotopic (exact) mass is 568 g/mol. The van der Waals surface area contributed by atoms with Gasteiger partial charge in [-0.3, -0.25) is 4.79 Å². The minimum Gasteiger partial charge on any atom is -0.493 e. The maximum absolute atomic E-state index is 12.7. The van der Waals surface area contributed by atoms with E-state index in [9.17, 15) is 4.79 Å². The summed E-state index contributed by atoms with van der Waals surface area (Å²) >= 11 is 15.9. The fourth-order valence-corrected chi connectivity index (χ4v) is 5.34. The van der Waals surface area contributed by atoms with Gasteiger partial charge in [0.05, 0.1) is 15.6 Å². The van der Waals surface area contributed by atoms with Crippen LogP contribution in [-0.4, -0.2) is 12.9 Å². The molecule has 0 unspecified atom stereocenters. The molecule has 0 spiro atoms. The van der Waals surface area contributed by atoms with Gasteiger partial charge in [0.2, 0.25) is 5.78 Å². The number of fused-ring (bicyclic) bond motifs is 1. The third-order valence-electron chi connectivity index (χ3n) is 4.51. The van der Waals surface area contributed by atoms with Crippen LogP contribution in [0.2, 0.25) is 10.0 Å². The first-order valence-corrected chi connectivity index (χ1v) is 11.6. The van der Waals surface area contributed by atoms with Crippen molar-refractivity contribution < 1.29 is 14.3 Å². The molecule has 0 bridgehead atoms. The lowest BCUT2D eigenvalue weighted by atomic mass is 10.1. The maximum Gasteiger partial charge on any atom is 0.200 e. The number of methoxy groups -OCH3 is 1. The van der Waals surface area contributed by atoms with E-state index in [1.54, 1.807) is 19.2 Å². The van der Waals surface area contributed by atoms with E-state index < -0.39 is 0 Å². The van der Waals surface area contributed by atoms with Gasteiger partial charge in [-0.15, -0.1) is 0 Å². The molecule has 0 fully saturated rings. The van der Waals surface area contributed by atoms with Gasteiger partial charge in [-0.1, -0.05) is 53.2 Å². The van der Waals surface area contributed by atoms with Gasteiger partial charge in [0.15, 0.2) is 11.5 Å². The average molecular weight is 569 g/mol. The van der Waals surface area contributed by atoms with Gasteiger partial charge >= 0.3 is 0 Å². The zero-order valence-electron chi connectivity index (χ0n) is 15.7. The maximum atomic E-state index is 12.7. The quantitative estimate of drug-likeness (QED) is 0.235. The van der Waals surface area contributed by atoms with Crippen molar-refractivity contribution in [1.29, 1.82) is 0 Å². The van der Waals surface area contributed by atoms with E-state index in [0.717, 1.165) is 25.2 Å². The molecule has 0 atom stereocenters. The molecule has 3 aromatic carbocycles. The number of thioether (sulfide) groups is 1. The third kappa shape index (κ3) is 4.49. The van der Waals surface area contributed by atoms with Gasteiger partial charge in [-0.25, -0.2) is 0 Å². The molecule has 0 amide bonds. The van der Waals surface area contributed by atoms with Crippen LogP contribution in [0.3, 0.4) is 0 Å². The lowest BCUT2D eigenvalue weighted by Gasteiger charge is -2.14. The van der Waals surface area contributed by atoms with Crippen LogP contribution in [0, 0.1) is 3.57 Å². The largest absolute Gasteiger partial charge is 0.493 e. The summed E-state index contributed by atoms with van der Waals surface area (Å²) in [4.78, 5) is 14.3. The van der Waals surface area contributed by atoms with Crippen LogP contribution < -0.4 is 9.47 Å². The van der Waals surface area contributed by atoms with Crippen LogP contribution in [0.1, 0.15) is 21.5 Å². The number of halogens is 3. The second kappa shape index (κ2) is 9.22. The third-order valence-corrected chi connectivity index (χ3v) is 7.00. The van der Waals surface area contributed by atoms with E-state index in [0.29, 0.717) is 26.4 Å². The second-order valence-electron chi connectivity index (χ2n) is 6.49. The molecular weight excluding hydrogens is 554 g/mol. The summed E-state index contributed by atoms with van der Waals surface area (Å²) in [5, 5.41) is 1.13. The van der Waals surface area contributed by atoms with E-state index >= 15 is 0 Å². The molecule has 30 heavy (non-hydrogen) atoms. The highest BCUT2D eigenvalue weighted by Gasteiger charge is 2.25. The molecule has 0 radical (unpaired) electrons. The Kier molecular flexibility index (Phi) is 6.63. The van der Waals surface area contributed by atoms with Crippen molar-refractivity contribution in [3.63, 3.8) is 0 Å². The van der Waals surface area contributed by atoms with Crippen molar-refractivity contribution in [3.8, 4) is 11.5 Å². The van der Waals surface area contributed by atoms with Gasteiger partial charge < -0.3 is 9.47 Å². The first-order valence-electron chi connectivity index (χ1n) is 8.94. The minimum absolute atomic E-state index is 0.0438. The van der Waals surface area contributed by atoms with Crippen LogP contribution in [0.15, 0.2) is 64.4 Å². The van der Waals surface area contributed by atoms with Crippen LogP contribution in [-0.2, 0) is 6.61 Å². The van der Waals surface area contributed by atoms with E-state index in [2.05, 4.69) is 22.6 Å². The second-order valence-corrected chi connectivity index (χ2v) is 9.58. The number of hydrogen-bond acceptors (Lipinski definition) is 4. The lowest BCUT2D eigenvalue weighted by Crippen LogP contribution is -2.01. The predicted molar refractivity (Wildman–Crippen MR) is 131 cm³/mol. The number of carbonyl (C=O) groups is 1. The van der Waals surface area contributed by atoms with E-state index in [4.69, 9.17) is 32.7 Å². The van der Waals surface area contributed by atoms with Crippen molar-refractivity contribution in [3.05, 3.63) is 89.8 Å². The fraction of sp³-hybridized carbons (Fsp3) is 0.0870. The molecule has 152 valence electrons. The summed E-state index contributed by atoms with van der Waals surface area (Å²) in [6.45, 7) is 0.284. The lowest BCUT2D eigenvalue weighted by molar-refractivity contribution is 0.104. The molecule has 1 heterocycles. The highest BCUT2D eigenvalue weighted by Crippen LogP contribution is 2.42. The molecule has 0 aliphatic carbocycles. The summed E-state index contributed by atoms with van der Waals surface area (Å²) in [5.74, 6) is 1.26. The van der Waals surface area contributed by atoms with Crippen LogP contribution in [0.4, 0.5) is 0 Å². The summed E-state index contributed by atoms with van der Waals surface area (Å²) in [6.07, 6.45) is 1.89. The molecule has 1 aliphatic heterocycles. The van der Waals surface area contributed by atoms with Gasteiger partial charge in [-0.05, 0) is 70.6 Å². The number of hydrogen-bond donors (Lipinski definition) is 0. The number of rotatable bonds is 5. The molecule has 0 N–H and O–H groups in total. The topological polar surface area (TPSA) is 35.5 Å². The van der Waals surface area contributed by atoms with Crippen molar-refractivity contribution in [2.24, 2.45) is 0 Å². The highest BCUT2D eigenvalue weighted by molar-refractivity contribution is 14.1. The molecule has 3 nitrogen and oxygen atoms in total. The molecule has 4 rings (SSSR count). The van der Waals surface area contributed by atoms with Gasteiger partial charge in [0.25, 0.3) is 0 Å². The first kappa shape index (κ1) is 21.6. The number of Topliss-reactive ketones (excluding diaryl/α,β-unsaturated/α-hetero) is 1. The Morgan fingerprint density at radius 1 is 1.10 bits per heavy atom. The van der Waals surface area contributed by atoms with Gasteiger partial charge in [-0.2, -0.15) is 0 Å². The standard InChI is InChI=1S/C23H15Cl2IO3S/c1-28-19-9-13(10-21-22(27)16-4-2-3-5-20(16)30-21)8-18(26)23(19)29-12-14-6-7-15(24)11-17(14)25/h2-11H,12H2,1H3/b21-10+. The highest BCUT2D eigenvalue weighted by atomic mass is 127. The number of ketones is 1. The summed E-state index contributed by atoms with van der Waals surface area (Å²) in [7, 11) is 1.59. The Hall–Kier alpha value is -1.67. The SMILES string of the molecule is COc1cc(/C=C2/Sc3ccccc3C2=O)cc(I)c1OCc1ccc(Cl)cc1Cl. The number of carbonyl (C=O) groups excluding carboxylic acids is 1. The molecule has 0 aromatic heterocycles. The predicted octanol–water partition coefficient (Wildman–Crippen LogP) is 7.52. The Morgan fingerprint density at radius 3 is 2.63 bits per heavy atom. The van der Waals surface area contributed by atoms with E-state index in [1.807, 2.05) is 48.5 Å². The molecule has 3 aromatic rings. The van der Waals surface area contributed by atoms with Crippen LogP contribution >= 0.6 is 57.6 Å². The van der Waals surface area contributed by atoms with Crippen molar-refractivity contribution in [1.82, 2.24) is 0 Å². The zero-order chi connectivity index (χ0) is 21.3. The number of ether oxygens (including phenoxy) is 2. The summed E-state index contributed by atoms with van der Waals surface area (Å²) in [6, 6.07) is 16.8. The minimum atomic E-state index is 0.0438. The fourth-order valence-electron chi connectivity index (χ4n) is 3.04. The van der Waals surface area contributed by atoms with E-state index in [-0.39, 0.29) is 12.4 Å². The Bertz CT molecular complexity index is 1180. The number of benzene rings is 3. The van der Waals surface area contributed by atoms with Gasteiger partial charge in [0.1, 0.15) is 6.61 Å². The van der Waals surface area contributed by atoms with Crippen molar-refractivity contribution in [2.45, 2.75) is 11.5 Å². The smallest absolute Gasteiger partial charge is 0.200 e. The van der Waals surface area contributed by atoms with E-state index in [1.165, 1.54) is 11.8 Å². The first-order chi connectivity index (χ1) is 14.5. The summed E-state index contributed by atoms with van der Waals surface area (Å²) in [5.41, 5.74) is 2.45. The summed E-state index contributed by atoms with van der Waals surface area (Å²) < 4.78 is 12.4. The van der Waals surface area contributed by atoms with Crippen LogP contribution in [0.25, 0.3) is 6.08 Å². The Labute approximate surface area is 202 Å². The van der Waals surface area contributed by atoms with Gasteiger partial charge in [0, 0.05) is 26.1 Å². The Balaban J connectivity index is 1.59. The normalized spacial score (nSPS) is 14.1. The van der Waals surface area contributed by atoms with Crippen LogP contribution in [0.5, 0.6) is 11.5 Å². The molecule has 7 heteroatoms. The van der Waals surface area contributed by atoms with Crippen molar-refractivity contribution >= 4 is 69.4 Å². The Morgan fingerprint density at radius 2 is 1.90 bits per heavy atom. The molecule has 0 saturated carbocycles. The molecule has 0 saturated heterocycles. The van der Waals surface area contributed by atoms with Crippen molar-refractivity contribution in [2.75, 3.05) is 7.11 Å². The molecular formula is C23H15Cl2IO3S. The average Bonchev–Trinajstić information content (AvgIpc) is 3.03. The zero-order valence-corrected chi connectivity index (χ0v) is 20.2. The number of allylic oxidation sites excluding steroid dienone is 1. The molecule has 1 aliphatic rings.